The summed E-state index contributed by atoms with van der Waals surface area (Å²) in [6.07, 6.45) is 1.02. The van der Waals surface area contributed by atoms with E-state index in [9.17, 15) is 4.79 Å². The van der Waals surface area contributed by atoms with Gasteiger partial charge in [0, 0.05) is 10.9 Å². The Kier molecular flexibility index (Phi) is 5.89. The summed E-state index contributed by atoms with van der Waals surface area (Å²) in [4.78, 5) is 16.2. The monoisotopic (exact) mass is 325 g/mol. The second kappa shape index (κ2) is 7.02. The minimum absolute atomic E-state index is 0. The molecule has 0 spiro atoms. The van der Waals surface area contributed by atoms with Crippen molar-refractivity contribution in [3.8, 4) is 11.3 Å². The number of carbonyl (C=O) groups excluding carboxylic acids is 1. The third-order valence-electron chi connectivity index (χ3n) is 2.97. The number of carbonyl (C=O) groups is 1. The first-order valence-electron chi connectivity index (χ1n) is 6.55. The number of nitrogens with zero attached hydrogens (tertiary/aromatic N) is 1. The molecule has 0 aliphatic rings. The van der Waals surface area contributed by atoms with E-state index in [4.69, 9.17) is 5.73 Å². The van der Waals surface area contributed by atoms with Crippen LogP contribution in [0, 0.1) is 0 Å². The van der Waals surface area contributed by atoms with Crippen LogP contribution in [0.3, 0.4) is 0 Å². The average molecular weight is 326 g/mol. The van der Waals surface area contributed by atoms with Crippen molar-refractivity contribution >= 4 is 34.8 Å². The van der Waals surface area contributed by atoms with Crippen LogP contribution in [0.25, 0.3) is 11.3 Å². The zero-order valence-electron chi connectivity index (χ0n) is 12.3. The number of hydrogen-bond donors (Lipinski definition) is 2. The van der Waals surface area contributed by atoms with Crippen LogP contribution in [0.15, 0.2) is 29.6 Å². The first-order valence-corrected chi connectivity index (χ1v) is 7.43. The van der Waals surface area contributed by atoms with Crippen LogP contribution < -0.4 is 11.1 Å². The molecule has 0 unspecified atom stereocenters. The topological polar surface area (TPSA) is 68.0 Å². The highest BCUT2D eigenvalue weighted by Crippen LogP contribution is 2.25. The van der Waals surface area contributed by atoms with Gasteiger partial charge in [0.15, 0.2) is 5.13 Å². The fourth-order valence-corrected chi connectivity index (χ4v) is 2.35. The Morgan fingerprint density at radius 3 is 2.48 bits per heavy atom. The Morgan fingerprint density at radius 1 is 1.33 bits per heavy atom. The summed E-state index contributed by atoms with van der Waals surface area (Å²) < 4.78 is 0. The standard InChI is InChI=1S/C15H19N3OS.ClH/c1-4-10-5-7-11(8-6-10)12-9-20-14(17-12)18-13(19)15(2,3)16;/h5-9H,4,16H2,1-3H3,(H,17,18,19);1H. The van der Waals surface area contributed by atoms with E-state index in [-0.39, 0.29) is 18.3 Å². The minimum atomic E-state index is -0.908. The van der Waals surface area contributed by atoms with Crippen molar-refractivity contribution in [2.24, 2.45) is 5.73 Å². The molecule has 1 aromatic heterocycles. The highest BCUT2D eigenvalue weighted by molar-refractivity contribution is 7.14. The summed E-state index contributed by atoms with van der Waals surface area (Å²) in [5.41, 5.74) is 8.04. The molecule has 2 rings (SSSR count). The molecule has 0 aliphatic carbocycles. The van der Waals surface area contributed by atoms with Crippen molar-refractivity contribution in [3.63, 3.8) is 0 Å². The molecule has 114 valence electrons. The van der Waals surface area contributed by atoms with Gasteiger partial charge in [-0.25, -0.2) is 4.98 Å². The summed E-state index contributed by atoms with van der Waals surface area (Å²) in [5, 5.41) is 5.24. The van der Waals surface area contributed by atoms with Gasteiger partial charge in [-0.05, 0) is 25.8 Å². The van der Waals surface area contributed by atoms with E-state index in [1.54, 1.807) is 13.8 Å². The third-order valence-corrected chi connectivity index (χ3v) is 3.73. The second-order valence-corrected chi connectivity index (χ2v) is 6.12. The summed E-state index contributed by atoms with van der Waals surface area (Å²) in [7, 11) is 0. The third kappa shape index (κ3) is 4.52. The number of nitrogens with one attached hydrogen (secondary N) is 1. The zero-order valence-corrected chi connectivity index (χ0v) is 14.0. The van der Waals surface area contributed by atoms with E-state index >= 15 is 0 Å². The molecular formula is C15H20ClN3OS. The maximum absolute atomic E-state index is 11.8. The van der Waals surface area contributed by atoms with E-state index in [2.05, 4.69) is 29.4 Å². The Labute approximate surface area is 135 Å². The lowest BCUT2D eigenvalue weighted by Crippen LogP contribution is -2.45. The fraction of sp³-hybridized carbons (Fsp3) is 0.333. The molecule has 1 aromatic carbocycles. The van der Waals surface area contributed by atoms with Gasteiger partial charge in [-0.15, -0.1) is 23.7 Å². The second-order valence-electron chi connectivity index (χ2n) is 5.26. The van der Waals surface area contributed by atoms with E-state index in [0.717, 1.165) is 17.7 Å². The zero-order chi connectivity index (χ0) is 14.8. The Morgan fingerprint density at radius 2 is 1.95 bits per heavy atom. The van der Waals surface area contributed by atoms with Crippen LogP contribution in [0.4, 0.5) is 5.13 Å². The van der Waals surface area contributed by atoms with Gasteiger partial charge in [0.05, 0.1) is 11.2 Å². The van der Waals surface area contributed by atoms with Crippen LogP contribution in [0.2, 0.25) is 0 Å². The molecule has 0 atom stereocenters. The van der Waals surface area contributed by atoms with E-state index in [0.29, 0.717) is 5.13 Å². The summed E-state index contributed by atoms with van der Waals surface area (Å²) >= 11 is 1.40. The molecular weight excluding hydrogens is 306 g/mol. The number of rotatable bonds is 4. The lowest BCUT2D eigenvalue weighted by atomic mass is 10.1. The molecule has 0 saturated heterocycles. The maximum atomic E-state index is 11.8. The van der Waals surface area contributed by atoms with Gasteiger partial charge in [-0.2, -0.15) is 0 Å². The number of benzene rings is 1. The molecule has 0 bridgehead atoms. The smallest absolute Gasteiger partial charge is 0.245 e. The predicted octanol–water partition coefficient (Wildman–Crippen LogP) is 3.47. The number of thiazole rings is 1. The van der Waals surface area contributed by atoms with Crippen LogP contribution in [0.1, 0.15) is 26.3 Å². The minimum Gasteiger partial charge on any atom is -0.318 e. The Balaban J connectivity index is 0.00000220. The molecule has 4 nitrogen and oxygen atoms in total. The predicted molar refractivity (Wildman–Crippen MR) is 91.1 cm³/mol. The van der Waals surface area contributed by atoms with E-state index in [1.165, 1.54) is 16.9 Å². The largest absolute Gasteiger partial charge is 0.318 e. The van der Waals surface area contributed by atoms with Gasteiger partial charge >= 0.3 is 0 Å². The van der Waals surface area contributed by atoms with Crippen molar-refractivity contribution in [1.82, 2.24) is 4.98 Å². The molecule has 1 heterocycles. The van der Waals surface area contributed by atoms with Crippen LogP contribution in [-0.2, 0) is 11.2 Å². The molecule has 21 heavy (non-hydrogen) atoms. The van der Waals surface area contributed by atoms with Gasteiger partial charge in [0.2, 0.25) is 5.91 Å². The Hall–Kier alpha value is -1.43. The lowest BCUT2D eigenvalue weighted by Gasteiger charge is -2.16. The van der Waals surface area contributed by atoms with Crippen LogP contribution in [-0.4, -0.2) is 16.4 Å². The summed E-state index contributed by atoms with van der Waals surface area (Å²) in [6, 6.07) is 8.28. The van der Waals surface area contributed by atoms with Crippen molar-refractivity contribution < 1.29 is 4.79 Å². The Bertz CT molecular complexity index is 602. The van der Waals surface area contributed by atoms with Crippen LogP contribution in [0.5, 0.6) is 0 Å². The lowest BCUT2D eigenvalue weighted by molar-refractivity contribution is -0.120. The molecule has 0 radical (unpaired) electrons. The van der Waals surface area contributed by atoms with Gasteiger partial charge in [0.1, 0.15) is 0 Å². The number of aromatic nitrogens is 1. The van der Waals surface area contributed by atoms with Crippen molar-refractivity contribution in [3.05, 3.63) is 35.2 Å². The molecule has 6 heteroatoms. The van der Waals surface area contributed by atoms with Crippen molar-refractivity contribution in [2.75, 3.05) is 5.32 Å². The molecule has 2 aromatic rings. The first-order chi connectivity index (χ1) is 9.40. The first kappa shape index (κ1) is 17.6. The molecule has 1 amide bonds. The molecule has 0 saturated carbocycles. The maximum Gasteiger partial charge on any atom is 0.245 e. The summed E-state index contributed by atoms with van der Waals surface area (Å²) in [6.45, 7) is 5.46. The fourth-order valence-electron chi connectivity index (χ4n) is 1.63. The van der Waals surface area contributed by atoms with Gasteiger partial charge in [0.25, 0.3) is 0 Å². The summed E-state index contributed by atoms with van der Waals surface area (Å²) in [5.74, 6) is -0.236. The average Bonchev–Trinajstić information content (AvgIpc) is 2.86. The van der Waals surface area contributed by atoms with E-state index in [1.807, 2.05) is 17.5 Å². The number of amides is 1. The highest BCUT2D eigenvalue weighted by Gasteiger charge is 2.22. The quantitative estimate of drug-likeness (QED) is 0.904. The number of hydrogen-bond acceptors (Lipinski definition) is 4. The van der Waals surface area contributed by atoms with E-state index < -0.39 is 5.54 Å². The number of nitrogens with two attached hydrogens (primary N) is 1. The number of halogens is 1. The SMILES string of the molecule is CCc1ccc(-c2csc(NC(=O)C(C)(C)N)n2)cc1.Cl. The molecule has 0 fully saturated rings. The highest BCUT2D eigenvalue weighted by atomic mass is 35.5. The van der Waals surface area contributed by atoms with Gasteiger partial charge < -0.3 is 11.1 Å². The van der Waals surface area contributed by atoms with Crippen molar-refractivity contribution in [1.29, 1.82) is 0 Å². The molecule has 3 N–H and O–H groups in total. The van der Waals surface area contributed by atoms with Crippen molar-refractivity contribution in [2.45, 2.75) is 32.7 Å². The molecule has 0 aliphatic heterocycles. The number of anilines is 1. The van der Waals surface area contributed by atoms with Crippen LogP contribution >= 0.6 is 23.7 Å². The van der Waals surface area contributed by atoms with Gasteiger partial charge in [-0.3, -0.25) is 4.79 Å². The van der Waals surface area contributed by atoms with Gasteiger partial charge in [-0.1, -0.05) is 31.2 Å². The number of aryl methyl sites for hydroxylation is 1. The normalized spacial score (nSPS) is 10.9.